The molecule has 0 aliphatic heterocycles. The van der Waals surface area contributed by atoms with Crippen molar-refractivity contribution >= 4 is 34.3 Å². The van der Waals surface area contributed by atoms with Gasteiger partial charge in [0.1, 0.15) is 16.4 Å². The maximum absolute atomic E-state index is 13.3. The zero-order chi connectivity index (χ0) is 20.1. The molecular weight excluding hydrogens is 377 g/mol. The second-order valence-corrected chi connectivity index (χ2v) is 7.19. The monoisotopic (exact) mass is 395 g/mol. The van der Waals surface area contributed by atoms with E-state index in [1.807, 2.05) is 37.3 Å². The number of ether oxygens (including phenoxy) is 1. The van der Waals surface area contributed by atoms with Crippen LogP contribution >= 0.6 is 11.3 Å². The zero-order valence-corrected chi connectivity index (χ0v) is 16.2. The first kappa shape index (κ1) is 19.5. The number of nitrogens with one attached hydrogen (secondary N) is 1. The molecule has 1 heterocycles. The Labute approximate surface area is 166 Å². The van der Waals surface area contributed by atoms with Gasteiger partial charge in [0.15, 0.2) is 0 Å². The highest BCUT2D eigenvalue weighted by molar-refractivity contribution is 7.17. The van der Waals surface area contributed by atoms with E-state index >= 15 is 0 Å². The molecule has 6 heteroatoms. The van der Waals surface area contributed by atoms with E-state index in [0.29, 0.717) is 16.1 Å². The number of amides is 1. The van der Waals surface area contributed by atoms with E-state index in [1.54, 1.807) is 18.2 Å². The van der Waals surface area contributed by atoms with E-state index in [-0.39, 0.29) is 17.3 Å². The van der Waals surface area contributed by atoms with Gasteiger partial charge < -0.3 is 10.1 Å². The number of esters is 1. The second-order valence-electron chi connectivity index (χ2n) is 5.97. The van der Waals surface area contributed by atoms with Crippen LogP contribution in [0.3, 0.4) is 0 Å². The van der Waals surface area contributed by atoms with Gasteiger partial charge in [-0.25, -0.2) is 9.18 Å². The summed E-state index contributed by atoms with van der Waals surface area (Å²) in [7, 11) is 1.28. The van der Waals surface area contributed by atoms with Crippen LogP contribution in [0.2, 0.25) is 0 Å². The van der Waals surface area contributed by atoms with E-state index in [2.05, 4.69) is 5.32 Å². The molecule has 0 aliphatic carbocycles. The summed E-state index contributed by atoms with van der Waals surface area (Å²) < 4.78 is 18.2. The van der Waals surface area contributed by atoms with Gasteiger partial charge in [0, 0.05) is 16.5 Å². The maximum Gasteiger partial charge on any atom is 0.341 e. The Kier molecular flexibility index (Phi) is 6.01. The second kappa shape index (κ2) is 8.63. The molecule has 0 unspecified atom stereocenters. The summed E-state index contributed by atoms with van der Waals surface area (Å²) in [5.41, 5.74) is 2.45. The lowest BCUT2D eigenvalue weighted by atomic mass is 10.0. The molecule has 0 saturated heterocycles. The summed E-state index contributed by atoms with van der Waals surface area (Å²) in [6.07, 6.45) is 3.09. The number of carbonyl (C=O) groups excluding carboxylic acids is 2. The molecule has 142 valence electrons. The summed E-state index contributed by atoms with van der Waals surface area (Å²) in [6, 6.07) is 15.3. The fourth-order valence-electron chi connectivity index (χ4n) is 2.78. The first-order chi connectivity index (χ1) is 13.5. The number of rotatable bonds is 5. The molecule has 0 radical (unpaired) electrons. The van der Waals surface area contributed by atoms with Crippen LogP contribution in [0.1, 0.15) is 20.8 Å². The fraction of sp³-hybridized carbons (Fsp3) is 0.0909. The molecule has 2 aromatic carbocycles. The number of hydrogen-bond donors (Lipinski definition) is 1. The predicted octanol–water partition coefficient (Wildman–Crippen LogP) is 5.30. The summed E-state index contributed by atoms with van der Waals surface area (Å²) in [5.74, 6) is -1.29. The Balaban J connectivity index is 1.93. The summed E-state index contributed by atoms with van der Waals surface area (Å²) in [4.78, 5) is 25.6. The number of methoxy groups -OCH3 is 1. The molecule has 1 aromatic heterocycles. The van der Waals surface area contributed by atoms with Crippen molar-refractivity contribution in [1.29, 1.82) is 0 Å². The number of carbonyl (C=O) groups is 2. The lowest BCUT2D eigenvalue weighted by molar-refractivity contribution is -0.111. The molecular formula is C22H18FNO3S. The lowest BCUT2D eigenvalue weighted by Gasteiger charge is -2.07. The number of thiophene rings is 1. The Hall–Kier alpha value is -3.25. The molecule has 0 saturated carbocycles. The molecule has 0 aliphatic rings. The molecule has 4 nitrogen and oxygen atoms in total. The topological polar surface area (TPSA) is 55.4 Å². The molecule has 0 atom stereocenters. The average molecular weight is 395 g/mol. The maximum atomic E-state index is 13.3. The van der Waals surface area contributed by atoms with Crippen molar-refractivity contribution in [3.8, 4) is 11.1 Å². The lowest BCUT2D eigenvalue weighted by Crippen LogP contribution is -2.11. The van der Waals surface area contributed by atoms with E-state index in [0.717, 1.165) is 10.4 Å². The predicted molar refractivity (Wildman–Crippen MR) is 110 cm³/mol. The van der Waals surface area contributed by atoms with Gasteiger partial charge in [-0.2, -0.15) is 0 Å². The van der Waals surface area contributed by atoms with E-state index in [4.69, 9.17) is 4.74 Å². The standard InChI is InChI=1S/C22H18FNO3S/c1-14-19(16-9-11-17(23)12-10-16)20(22(26)27-2)21(28-14)24-18(25)13-8-15-6-4-3-5-7-15/h3-13H,1-2H3,(H,24,25). The number of anilines is 1. The van der Waals surface area contributed by atoms with Crippen LogP contribution in [0.25, 0.3) is 17.2 Å². The van der Waals surface area contributed by atoms with E-state index in [1.165, 1.54) is 36.7 Å². The van der Waals surface area contributed by atoms with Crippen LogP contribution < -0.4 is 5.32 Å². The van der Waals surface area contributed by atoms with Crippen molar-refractivity contribution in [2.45, 2.75) is 6.92 Å². The Morgan fingerprint density at radius 2 is 1.75 bits per heavy atom. The fourth-order valence-corrected chi connectivity index (χ4v) is 3.85. The van der Waals surface area contributed by atoms with Gasteiger partial charge in [-0.15, -0.1) is 11.3 Å². The van der Waals surface area contributed by atoms with Gasteiger partial charge >= 0.3 is 5.97 Å². The zero-order valence-electron chi connectivity index (χ0n) is 15.4. The number of aryl methyl sites for hydroxylation is 1. The minimum absolute atomic E-state index is 0.262. The summed E-state index contributed by atoms with van der Waals surface area (Å²) in [6.45, 7) is 1.84. The van der Waals surface area contributed by atoms with Crippen LogP contribution in [0, 0.1) is 12.7 Å². The van der Waals surface area contributed by atoms with Crippen LogP contribution in [-0.2, 0) is 9.53 Å². The van der Waals surface area contributed by atoms with Crippen LogP contribution in [0.4, 0.5) is 9.39 Å². The highest BCUT2D eigenvalue weighted by Gasteiger charge is 2.24. The quantitative estimate of drug-likeness (QED) is 0.471. The van der Waals surface area contributed by atoms with Gasteiger partial charge in [-0.05, 0) is 36.3 Å². The van der Waals surface area contributed by atoms with Crippen LogP contribution in [0.5, 0.6) is 0 Å². The van der Waals surface area contributed by atoms with E-state index in [9.17, 15) is 14.0 Å². The van der Waals surface area contributed by atoms with Gasteiger partial charge in [0.2, 0.25) is 5.91 Å². The molecule has 28 heavy (non-hydrogen) atoms. The first-order valence-corrected chi connectivity index (χ1v) is 9.33. The third kappa shape index (κ3) is 4.35. The molecule has 1 amide bonds. The van der Waals surface area contributed by atoms with E-state index < -0.39 is 5.97 Å². The minimum atomic E-state index is -0.564. The average Bonchev–Trinajstić information content (AvgIpc) is 3.02. The van der Waals surface area contributed by atoms with Crippen molar-refractivity contribution < 1.29 is 18.7 Å². The van der Waals surface area contributed by atoms with Crippen molar-refractivity contribution in [2.24, 2.45) is 0 Å². The molecule has 0 spiro atoms. The van der Waals surface area contributed by atoms with Gasteiger partial charge in [-0.1, -0.05) is 42.5 Å². The summed E-state index contributed by atoms with van der Waals surface area (Å²) >= 11 is 1.27. The molecule has 3 aromatic rings. The van der Waals surface area contributed by atoms with Gasteiger partial charge in [0.05, 0.1) is 7.11 Å². The number of benzene rings is 2. The SMILES string of the molecule is COC(=O)c1c(NC(=O)C=Cc2ccccc2)sc(C)c1-c1ccc(F)cc1. The van der Waals surface area contributed by atoms with Crippen LogP contribution in [0.15, 0.2) is 60.7 Å². The van der Waals surface area contributed by atoms with Crippen molar-refractivity contribution in [3.05, 3.63) is 82.5 Å². The Morgan fingerprint density at radius 1 is 1.07 bits per heavy atom. The minimum Gasteiger partial charge on any atom is -0.465 e. The van der Waals surface area contributed by atoms with Crippen molar-refractivity contribution in [1.82, 2.24) is 0 Å². The normalized spacial score (nSPS) is 10.8. The highest BCUT2D eigenvalue weighted by atomic mass is 32.1. The van der Waals surface area contributed by atoms with Gasteiger partial charge in [0.25, 0.3) is 0 Å². The molecule has 3 rings (SSSR count). The van der Waals surface area contributed by atoms with Crippen molar-refractivity contribution in [3.63, 3.8) is 0 Å². The molecule has 0 fully saturated rings. The summed E-state index contributed by atoms with van der Waals surface area (Å²) in [5, 5.41) is 3.15. The molecule has 1 N–H and O–H groups in total. The number of halogens is 1. The smallest absolute Gasteiger partial charge is 0.341 e. The third-order valence-corrected chi connectivity index (χ3v) is 5.09. The van der Waals surface area contributed by atoms with Crippen LogP contribution in [-0.4, -0.2) is 19.0 Å². The first-order valence-electron chi connectivity index (χ1n) is 8.51. The van der Waals surface area contributed by atoms with Gasteiger partial charge in [-0.3, -0.25) is 4.79 Å². The highest BCUT2D eigenvalue weighted by Crippen LogP contribution is 2.40. The Morgan fingerprint density at radius 3 is 2.39 bits per heavy atom. The largest absolute Gasteiger partial charge is 0.465 e. The Bertz CT molecular complexity index is 1020. The molecule has 0 bridgehead atoms. The number of hydrogen-bond acceptors (Lipinski definition) is 4. The van der Waals surface area contributed by atoms with Crippen molar-refractivity contribution in [2.75, 3.05) is 12.4 Å². The third-order valence-electron chi connectivity index (χ3n) is 4.07.